The number of rotatable bonds is 8. The smallest absolute Gasteiger partial charge is 0.397 e. The van der Waals surface area contributed by atoms with E-state index < -0.39 is 39.3 Å². The molecule has 3 N–H and O–H groups in total. The van der Waals surface area contributed by atoms with Crippen LogP contribution >= 0.6 is 11.6 Å². The number of carbonyl (C=O) groups is 3. The summed E-state index contributed by atoms with van der Waals surface area (Å²) in [7, 11) is -1.95. The highest BCUT2D eigenvalue weighted by atomic mass is 35.5. The summed E-state index contributed by atoms with van der Waals surface area (Å²) in [5.74, 6) is -1.70. The van der Waals surface area contributed by atoms with Crippen LogP contribution in [0.4, 0.5) is 29.3 Å². The van der Waals surface area contributed by atoms with E-state index in [1.54, 1.807) is 9.80 Å². The molecular formula is C33H42ClF3N6O5S. The van der Waals surface area contributed by atoms with Crippen molar-refractivity contribution >= 4 is 50.8 Å². The van der Waals surface area contributed by atoms with Crippen molar-refractivity contribution in [1.82, 2.24) is 19.0 Å². The monoisotopic (exact) mass is 726 g/mol. The molecule has 3 aliphatic heterocycles. The summed E-state index contributed by atoms with van der Waals surface area (Å²) in [6.07, 6.45) is -1.54. The van der Waals surface area contributed by atoms with Crippen LogP contribution in [0.1, 0.15) is 48.8 Å². The maximum atomic E-state index is 13.9. The number of likely N-dealkylation sites (tertiary alicyclic amines) is 2. The number of nitrogens with two attached hydrogens (primary N) is 1. The van der Waals surface area contributed by atoms with E-state index >= 15 is 0 Å². The van der Waals surface area contributed by atoms with Gasteiger partial charge in [-0.1, -0.05) is 29.8 Å². The van der Waals surface area contributed by atoms with Crippen LogP contribution in [0, 0.1) is 5.92 Å². The van der Waals surface area contributed by atoms with E-state index in [1.165, 1.54) is 17.4 Å². The minimum absolute atomic E-state index is 0.0835. The minimum atomic E-state index is -4.77. The fraction of sp³-hybridized carbons (Fsp3) is 0.545. The Labute approximate surface area is 289 Å². The molecule has 0 radical (unpaired) electrons. The summed E-state index contributed by atoms with van der Waals surface area (Å²) in [6.45, 7) is 1.72. The zero-order chi connectivity index (χ0) is 35.7. The maximum Gasteiger partial charge on any atom is 0.418 e. The first-order valence-corrected chi connectivity index (χ1v) is 18.6. The first-order chi connectivity index (χ1) is 23.0. The number of urea groups is 1. The van der Waals surface area contributed by atoms with Crippen LogP contribution in [0.15, 0.2) is 36.4 Å². The number of hydrogen-bond donors (Lipinski definition) is 2. The largest absolute Gasteiger partial charge is 0.418 e. The van der Waals surface area contributed by atoms with Gasteiger partial charge in [-0.3, -0.25) is 9.59 Å². The van der Waals surface area contributed by atoms with Gasteiger partial charge in [0.1, 0.15) is 0 Å². The molecule has 3 aliphatic rings. The average molecular weight is 727 g/mol. The summed E-state index contributed by atoms with van der Waals surface area (Å²) in [6, 6.07) is 9.24. The number of amides is 4. The van der Waals surface area contributed by atoms with Crippen molar-refractivity contribution in [2.45, 2.75) is 63.2 Å². The van der Waals surface area contributed by atoms with E-state index in [-0.39, 0.29) is 60.5 Å². The molecule has 1 unspecified atom stereocenters. The molecule has 3 heterocycles. The van der Waals surface area contributed by atoms with E-state index in [2.05, 4.69) is 5.32 Å². The molecule has 11 nitrogen and oxygen atoms in total. The van der Waals surface area contributed by atoms with Gasteiger partial charge in [0, 0.05) is 64.0 Å². The maximum absolute atomic E-state index is 13.9. The molecule has 49 heavy (non-hydrogen) atoms. The lowest BCUT2D eigenvalue weighted by Gasteiger charge is -2.39. The molecule has 16 heteroatoms. The summed E-state index contributed by atoms with van der Waals surface area (Å²) in [5.41, 5.74) is 5.87. The molecule has 0 saturated carbocycles. The number of alkyl halides is 3. The van der Waals surface area contributed by atoms with Crippen molar-refractivity contribution in [3.05, 3.63) is 58.1 Å². The Morgan fingerprint density at radius 2 is 1.67 bits per heavy atom. The number of halogens is 4. The number of carbonyl (C=O) groups excluding carboxylic acids is 3. The van der Waals surface area contributed by atoms with Crippen molar-refractivity contribution in [1.29, 1.82) is 0 Å². The Kier molecular flexibility index (Phi) is 11.0. The van der Waals surface area contributed by atoms with Crippen molar-refractivity contribution < 1.29 is 36.0 Å². The third-order valence-corrected chi connectivity index (χ3v) is 11.6. The molecular weight excluding hydrogens is 685 g/mol. The van der Waals surface area contributed by atoms with E-state index in [0.717, 1.165) is 23.6 Å². The van der Waals surface area contributed by atoms with Gasteiger partial charge >= 0.3 is 12.2 Å². The number of hydrogen-bond acceptors (Lipinski definition) is 6. The van der Waals surface area contributed by atoms with Gasteiger partial charge in [0.2, 0.25) is 21.8 Å². The quantitative estimate of drug-likeness (QED) is 0.386. The Morgan fingerprint density at radius 3 is 2.31 bits per heavy atom. The topological polar surface area (TPSA) is 136 Å². The van der Waals surface area contributed by atoms with Gasteiger partial charge in [-0.05, 0) is 67.9 Å². The lowest BCUT2D eigenvalue weighted by atomic mass is 9.91. The van der Waals surface area contributed by atoms with E-state index in [9.17, 15) is 36.0 Å². The number of anilines is 2. The van der Waals surface area contributed by atoms with E-state index in [1.807, 2.05) is 29.2 Å². The van der Waals surface area contributed by atoms with E-state index in [0.29, 0.717) is 51.7 Å². The fourth-order valence-corrected chi connectivity index (χ4v) is 8.04. The molecule has 4 amide bonds. The summed E-state index contributed by atoms with van der Waals surface area (Å²) < 4.78 is 66.7. The highest BCUT2D eigenvalue weighted by Crippen LogP contribution is 2.38. The van der Waals surface area contributed by atoms with Crippen LogP contribution in [0.3, 0.4) is 0 Å². The molecule has 2 aromatic carbocycles. The number of nitrogen functional groups attached to an aromatic ring is 1. The standard InChI is InChI=1S/C33H42ClF3N6O5S/c1-40(49(2,47)48)24-8-14-42(15-9-24)31(45)23(17-21-18-26(33(35,36)37)30(38)27(34)19-21)20-29(44)41-12-10-25(11-13-41)43-16-7-22-5-3-4-6-28(22)39-32(43)46/h3-6,18-19,23-25H,7-17,20,38H2,1-2H3,(H,39,46). The number of sulfonamides is 1. The highest BCUT2D eigenvalue weighted by molar-refractivity contribution is 7.88. The molecule has 2 aromatic rings. The van der Waals surface area contributed by atoms with E-state index in [4.69, 9.17) is 17.3 Å². The second-order valence-corrected chi connectivity index (χ2v) is 15.6. The minimum Gasteiger partial charge on any atom is -0.397 e. The van der Waals surface area contributed by atoms with Crippen LogP contribution in [0.25, 0.3) is 0 Å². The van der Waals surface area contributed by atoms with Gasteiger partial charge in [0.25, 0.3) is 0 Å². The van der Waals surface area contributed by atoms with Gasteiger partial charge in [0.05, 0.1) is 28.4 Å². The van der Waals surface area contributed by atoms with Gasteiger partial charge < -0.3 is 25.8 Å². The Balaban J connectivity index is 1.28. The number of para-hydroxylation sites is 1. The predicted octanol–water partition coefficient (Wildman–Crippen LogP) is 4.45. The molecule has 2 saturated heterocycles. The number of nitrogens with zero attached hydrogens (tertiary/aromatic N) is 4. The molecule has 0 aliphatic carbocycles. The van der Waals surface area contributed by atoms with Crippen LogP contribution in [0.5, 0.6) is 0 Å². The Bertz CT molecular complexity index is 1680. The SMILES string of the molecule is CN(C1CCN(C(=O)C(CC(=O)N2CCC(N3CCc4ccccc4NC3=O)CC2)Cc2cc(Cl)c(N)c(C(F)(F)F)c2)CC1)S(C)(=O)=O. The normalized spacial score (nSPS) is 19.0. The summed E-state index contributed by atoms with van der Waals surface area (Å²) in [5, 5.41) is 2.68. The second kappa shape index (κ2) is 14.7. The lowest BCUT2D eigenvalue weighted by molar-refractivity contribution is -0.142. The zero-order valence-corrected chi connectivity index (χ0v) is 29.1. The first kappa shape index (κ1) is 36.7. The average Bonchev–Trinajstić information content (AvgIpc) is 3.22. The van der Waals surface area contributed by atoms with Crippen molar-refractivity contribution in [3.63, 3.8) is 0 Å². The van der Waals surface area contributed by atoms with Gasteiger partial charge in [-0.25, -0.2) is 17.5 Å². The second-order valence-electron chi connectivity index (χ2n) is 13.1. The number of benzene rings is 2. The fourth-order valence-electron chi connectivity index (χ4n) is 7.04. The molecule has 0 bridgehead atoms. The Morgan fingerprint density at radius 1 is 1.04 bits per heavy atom. The Hall–Kier alpha value is -3.56. The first-order valence-electron chi connectivity index (χ1n) is 16.3. The van der Waals surface area contributed by atoms with Crippen molar-refractivity contribution in [3.8, 4) is 0 Å². The molecule has 2 fully saturated rings. The third-order valence-electron chi connectivity index (χ3n) is 9.96. The molecule has 1 atom stereocenters. The van der Waals surface area contributed by atoms with Crippen LogP contribution in [0.2, 0.25) is 5.02 Å². The number of fused-ring (bicyclic) bond motifs is 1. The molecule has 5 rings (SSSR count). The van der Waals surface area contributed by atoms with Gasteiger partial charge in [0.15, 0.2) is 0 Å². The summed E-state index contributed by atoms with van der Waals surface area (Å²) >= 11 is 6.09. The molecule has 0 aromatic heterocycles. The third kappa shape index (κ3) is 8.61. The van der Waals surface area contributed by atoms with Crippen molar-refractivity contribution in [2.24, 2.45) is 5.92 Å². The van der Waals surface area contributed by atoms with Crippen LogP contribution < -0.4 is 11.1 Å². The van der Waals surface area contributed by atoms with Crippen LogP contribution in [-0.4, -0.2) is 103 Å². The zero-order valence-electron chi connectivity index (χ0n) is 27.5. The number of piperidine rings is 2. The predicted molar refractivity (Wildman–Crippen MR) is 180 cm³/mol. The number of nitrogens with one attached hydrogen (secondary N) is 1. The molecule has 0 spiro atoms. The van der Waals surface area contributed by atoms with Gasteiger partial charge in [-0.2, -0.15) is 13.2 Å². The van der Waals surface area contributed by atoms with Crippen LogP contribution in [-0.2, 0) is 38.6 Å². The highest BCUT2D eigenvalue weighted by Gasteiger charge is 2.38. The lowest BCUT2D eigenvalue weighted by Crippen LogP contribution is -2.51. The van der Waals surface area contributed by atoms with Crippen molar-refractivity contribution in [2.75, 3.05) is 57.1 Å². The summed E-state index contributed by atoms with van der Waals surface area (Å²) in [4.78, 5) is 45.7. The van der Waals surface area contributed by atoms with Gasteiger partial charge in [-0.15, -0.1) is 0 Å². The molecule has 268 valence electrons.